The second-order valence-electron chi connectivity index (χ2n) is 9.55. The highest BCUT2D eigenvalue weighted by Crippen LogP contribution is 2.37. The first-order chi connectivity index (χ1) is 20.8. The molecule has 0 spiro atoms. The van der Waals surface area contributed by atoms with Crippen molar-refractivity contribution in [3.8, 4) is 11.4 Å². The maximum Gasteiger partial charge on any atom is 0.296 e. The summed E-state index contributed by atoms with van der Waals surface area (Å²) in [5, 5.41) is 16.4. The van der Waals surface area contributed by atoms with E-state index in [0.717, 1.165) is 16.7 Å². The number of sulfonamides is 1. The van der Waals surface area contributed by atoms with E-state index < -0.39 is 34.0 Å². The second kappa shape index (κ2) is 12.2. The predicted octanol–water partition coefficient (Wildman–Crippen LogP) is 3.86. The number of amidine groups is 1. The van der Waals surface area contributed by atoms with Crippen LogP contribution < -0.4 is 25.7 Å². The molecule has 0 saturated carbocycles. The molecule has 4 aromatic rings. The number of halogens is 1. The Morgan fingerprint density at radius 3 is 2.43 bits per heavy atom. The van der Waals surface area contributed by atoms with Crippen LogP contribution >= 0.6 is 23.4 Å². The van der Waals surface area contributed by atoms with Gasteiger partial charge < -0.3 is 10.1 Å². The number of aromatic nitrogens is 2. The standard InChI is InChI=1S/C29H25ClN6O6S2/c1-17-26(28(39)36(34(17)2)21-6-4-3-5-7-21)35-27(38)24(43-29(35)31)15-18-14-19(30)8-13-23(18)42-16-25(37)33-20-9-11-22(12-10-20)44(32,40)41/h3-15,31H,16H2,1-2H3,(H,33,37)(H2,32,40,41)/b24-15-,31-29?. The number of primary sulfonamides is 1. The van der Waals surface area contributed by atoms with Crippen LogP contribution in [-0.2, 0) is 26.7 Å². The minimum atomic E-state index is -3.87. The highest BCUT2D eigenvalue weighted by atomic mass is 35.5. The molecule has 226 valence electrons. The summed E-state index contributed by atoms with van der Waals surface area (Å²) in [5.74, 6) is -0.865. The van der Waals surface area contributed by atoms with Gasteiger partial charge in [0.2, 0.25) is 10.0 Å². The fraction of sp³-hybridized carbons (Fsp3) is 0.103. The van der Waals surface area contributed by atoms with Crippen LogP contribution in [0, 0.1) is 12.3 Å². The van der Waals surface area contributed by atoms with Crippen LogP contribution in [0.5, 0.6) is 5.75 Å². The number of nitrogens with one attached hydrogen (secondary N) is 2. The van der Waals surface area contributed by atoms with E-state index in [0.29, 0.717) is 27.7 Å². The quantitative estimate of drug-likeness (QED) is 0.243. The normalized spacial score (nSPS) is 14.4. The third-order valence-corrected chi connectivity index (χ3v) is 8.71. The summed E-state index contributed by atoms with van der Waals surface area (Å²) < 4.78 is 31.6. The molecule has 1 saturated heterocycles. The van der Waals surface area contributed by atoms with E-state index in [4.69, 9.17) is 26.9 Å². The Bertz CT molecular complexity index is 2000. The number of ether oxygens (including phenoxy) is 1. The number of amides is 2. The first-order valence-electron chi connectivity index (χ1n) is 12.9. The van der Waals surface area contributed by atoms with Crippen molar-refractivity contribution in [3.63, 3.8) is 0 Å². The number of thioether (sulfide) groups is 1. The monoisotopic (exact) mass is 652 g/mol. The van der Waals surface area contributed by atoms with Gasteiger partial charge in [-0.15, -0.1) is 0 Å². The lowest BCUT2D eigenvalue weighted by Gasteiger charge is -2.12. The van der Waals surface area contributed by atoms with Gasteiger partial charge >= 0.3 is 0 Å². The zero-order valence-corrected chi connectivity index (χ0v) is 25.7. The van der Waals surface area contributed by atoms with Crippen molar-refractivity contribution in [3.05, 3.63) is 104 Å². The predicted molar refractivity (Wildman–Crippen MR) is 170 cm³/mol. The summed E-state index contributed by atoms with van der Waals surface area (Å²) in [6, 6.07) is 18.9. The van der Waals surface area contributed by atoms with Gasteiger partial charge in [-0.3, -0.25) is 24.5 Å². The first kappa shape index (κ1) is 30.8. The van der Waals surface area contributed by atoms with Gasteiger partial charge in [-0.25, -0.2) is 23.1 Å². The third kappa shape index (κ3) is 6.19. The molecule has 3 aromatic carbocycles. The lowest BCUT2D eigenvalue weighted by molar-refractivity contribution is -0.118. The van der Waals surface area contributed by atoms with Gasteiger partial charge in [0, 0.05) is 23.3 Å². The Balaban J connectivity index is 1.37. The highest BCUT2D eigenvalue weighted by molar-refractivity contribution is 8.19. The fourth-order valence-corrected chi connectivity index (χ4v) is 6.01. The van der Waals surface area contributed by atoms with Crippen molar-refractivity contribution in [2.45, 2.75) is 11.8 Å². The zero-order chi connectivity index (χ0) is 31.8. The largest absolute Gasteiger partial charge is 0.483 e. The molecule has 1 aromatic heterocycles. The third-order valence-electron chi connectivity index (χ3n) is 6.65. The molecule has 0 unspecified atom stereocenters. The van der Waals surface area contributed by atoms with E-state index >= 15 is 0 Å². The lowest BCUT2D eigenvalue weighted by Crippen LogP contribution is -2.33. The van der Waals surface area contributed by atoms with Crippen LogP contribution in [0.15, 0.2) is 87.4 Å². The number of nitrogens with two attached hydrogens (primary N) is 1. The summed E-state index contributed by atoms with van der Waals surface area (Å²) >= 11 is 7.10. The molecule has 2 amide bonds. The average Bonchev–Trinajstić information content (AvgIpc) is 3.37. The van der Waals surface area contributed by atoms with E-state index in [1.54, 1.807) is 55.1 Å². The number of rotatable bonds is 8. The van der Waals surface area contributed by atoms with Crippen molar-refractivity contribution in [1.82, 2.24) is 9.36 Å². The summed E-state index contributed by atoms with van der Waals surface area (Å²) in [7, 11) is -2.17. The van der Waals surface area contributed by atoms with Gasteiger partial charge in [0.15, 0.2) is 11.8 Å². The summed E-state index contributed by atoms with van der Waals surface area (Å²) in [6.45, 7) is 1.28. The van der Waals surface area contributed by atoms with Crippen LogP contribution in [0.3, 0.4) is 0 Å². The molecular formula is C29H25ClN6O6S2. The fourth-order valence-electron chi connectivity index (χ4n) is 4.47. The molecule has 44 heavy (non-hydrogen) atoms. The number of anilines is 2. The van der Waals surface area contributed by atoms with Crippen molar-refractivity contribution in [2.24, 2.45) is 12.2 Å². The van der Waals surface area contributed by atoms with E-state index in [1.807, 2.05) is 6.07 Å². The van der Waals surface area contributed by atoms with Gasteiger partial charge in [0.1, 0.15) is 11.4 Å². The summed E-state index contributed by atoms with van der Waals surface area (Å²) in [5.41, 5.74) is 1.43. The number of nitrogens with zero attached hydrogens (tertiary/aromatic N) is 3. The van der Waals surface area contributed by atoms with Crippen LogP contribution in [0.4, 0.5) is 11.4 Å². The number of hydrogen-bond donors (Lipinski definition) is 3. The van der Waals surface area contributed by atoms with Gasteiger partial charge in [-0.05, 0) is 79.4 Å². The molecule has 0 radical (unpaired) electrons. The smallest absolute Gasteiger partial charge is 0.296 e. The van der Waals surface area contributed by atoms with Crippen molar-refractivity contribution in [1.29, 1.82) is 5.41 Å². The number of para-hydroxylation sites is 1. The molecule has 5 rings (SSSR count). The first-order valence-corrected chi connectivity index (χ1v) is 15.6. The van der Waals surface area contributed by atoms with Crippen molar-refractivity contribution >= 4 is 67.8 Å². The molecular weight excluding hydrogens is 628 g/mol. The molecule has 15 heteroatoms. The second-order valence-corrected chi connectivity index (χ2v) is 12.6. The van der Waals surface area contributed by atoms with Gasteiger partial charge in [-0.2, -0.15) is 0 Å². The number of carbonyl (C=O) groups is 2. The zero-order valence-electron chi connectivity index (χ0n) is 23.3. The molecule has 0 bridgehead atoms. The van der Waals surface area contributed by atoms with Crippen LogP contribution in [0.25, 0.3) is 11.8 Å². The van der Waals surface area contributed by atoms with Crippen LogP contribution in [0.2, 0.25) is 5.02 Å². The van der Waals surface area contributed by atoms with E-state index in [1.165, 1.54) is 41.1 Å². The number of hydrogen-bond acceptors (Lipinski definition) is 8. The molecule has 1 aliphatic rings. The van der Waals surface area contributed by atoms with Crippen molar-refractivity contribution in [2.75, 3.05) is 16.8 Å². The van der Waals surface area contributed by atoms with E-state index in [9.17, 15) is 22.8 Å². The van der Waals surface area contributed by atoms with Gasteiger partial charge in [-0.1, -0.05) is 29.8 Å². The molecule has 4 N–H and O–H groups in total. The Labute approximate surface area is 261 Å². The SMILES string of the molecule is Cc1c(N2C(=N)S/C(=C\c3cc(Cl)ccc3OCC(=O)Nc3ccc(S(N)(=O)=O)cc3)C2=O)c(=O)n(-c2ccccc2)n1C. The van der Waals surface area contributed by atoms with Gasteiger partial charge in [0.25, 0.3) is 17.4 Å². The summed E-state index contributed by atoms with van der Waals surface area (Å²) in [4.78, 5) is 40.8. The number of carbonyl (C=O) groups excluding carboxylic acids is 2. The average molecular weight is 653 g/mol. The summed E-state index contributed by atoms with van der Waals surface area (Å²) in [6.07, 6.45) is 1.49. The maximum atomic E-state index is 13.6. The topological polar surface area (TPSA) is 170 Å². The molecule has 12 nitrogen and oxygen atoms in total. The van der Waals surface area contributed by atoms with Crippen LogP contribution in [-0.4, -0.2) is 41.4 Å². The van der Waals surface area contributed by atoms with E-state index in [-0.39, 0.29) is 26.4 Å². The maximum absolute atomic E-state index is 13.6. The minimum absolute atomic E-state index is 0.0681. The Morgan fingerprint density at radius 1 is 1.09 bits per heavy atom. The van der Waals surface area contributed by atoms with Crippen LogP contribution in [0.1, 0.15) is 11.3 Å². The Kier molecular flexibility index (Phi) is 8.52. The lowest BCUT2D eigenvalue weighted by atomic mass is 10.1. The highest BCUT2D eigenvalue weighted by Gasteiger charge is 2.38. The van der Waals surface area contributed by atoms with Gasteiger partial charge in [0.05, 0.1) is 21.2 Å². The molecule has 1 fully saturated rings. The van der Waals surface area contributed by atoms with E-state index in [2.05, 4.69) is 5.32 Å². The molecule has 0 aliphatic carbocycles. The molecule has 2 heterocycles. The minimum Gasteiger partial charge on any atom is -0.483 e. The van der Waals surface area contributed by atoms with Crippen molar-refractivity contribution < 1.29 is 22.7 Å². The Morgan fingerprint density at radius 2 is 1.77 bits per heavy atom. The molecule has 1 aliphatic heterocycles. The molecule has 0 atom stereocenters. The number of benzene rings is 3. The Hall–Kier alpha value is -4.63.